The van der Waals surface area contributed by atoms with E-state index in [1.165, 1.54) is 4.90 Å². The molecule has 374 valence electrons. The Morgan fingerprint density at radius 2 is 0.955 bits per heavy atom. The zero-order valence-electron chi connectivity index (χ0n) is 41.6. The van der Waals surface area contributed by atoms with Crippen molar-refractivity contribution in [1.29, 1.82) is 0 Å². The van der Waals surface area contributed by atoms with Crippen molar-refractivity contribution >= 4 is 47.7 Å². The molecule has 0 bridgehead atoms. The fraction of sp³-hybridized carbons (Fsp3) is 0.696. The number of carbonyl (C=O) groups is 8. The number of hydrogen-bond acceptors (Lipinski definition) is 15. The molecule has 1 rings (SSSR count). The summed E-state index contributed by atoms with van der Waals surface area (Å²) in [6.45, 7) is 23.4. The standard InChI is InChI=1S/C46H77N7O13/c1-31(2)23-34(48-42(62)66-46(12,13)14)41(61)50-49-35(54)24-32-15-17-33(18-16-32)25-47-36(55)26-51(19-21-52(27-37(56)57)28-38(58)63-43(3,4)5)20-22-53(29-39(59)64-44(6,7)8)30-40(60)65-45(9,10)11/h15-18,31,34H,19-30H2,1-14H3,(H,47,55)(H,48,62)(H,49,54)(H,50,61)(H,56,57)/t34-/m1/s1. The Morgan fingerprint density at radius 1 is 0.545 bits per heavy atom. The Kier molecular flexibility index (Phi) is 23.8. The van der Waals surface area contributed by atoms with Gasteiger partial charge in [-0.1, -0.05) is 38.1 Å². The second-order valence-electron chi connectivity index (χ2n) is 20.5. The molecule has 0 unspecified atom stereocenters. The first-order chi connectivity index (χ1) is 30.2. The first kappa shape index (κ1) is 58.7. The van der Waals surface area contributed by atoms with E-state index in [1.807, 2.05) is 13.8 Å². The van der Waals surface area contributed by atoms with Crippen molar-refractivity contribution in [1.82, 2.24) is 36.2 Å². The van der Waals surface area contributed by atoms with Crippen molar-refractivity contribution in [3.8, 4) is 0 Å². The van der Waals surface area contributed by atoms with Crippen LogP contribution in [0.2, 0.25) is 0 Å². The average Bonchev–Trinajstić information content (AvgIpc) is 3.10. The Bertz CT molecular complexity index is 1750. The molecule has 0 saturated carbocycles. The lowest BCUT2D eigenvalue weighted by Gasteiger charge is -2.30. The van der Waals surface area contributed by atoms with Gasteiger partial charge < -0.3 is 34.7 Å². The van der Waals surface area contributed by atoms with Crippen molar-refractivity contribution < 1.29 is 62.4 Å². The van der Waals surface area contributed by atoms with E-state index in [0.717, 1.165) is 0 Å². The summed E-state index contributed by atoms with van der Waals surface area (Å²) < 4.78 is 21.7. The molecule has 5 N–H and O–H groups in total. The van der Waals surface area contributed by atoms with Crippen molar-refractivity contribution in [3.63, 3.8) is 0 Å². The van der Waals surface area contributed by atoms with E-state index in [4.69, 9.17) is 18.9 Å². The van der Waals surface area contributed by atoms with E-state index in [1.54, 1.807) is 117 Å². The van der Waals surface area contributed by atoms with Crippen LogP contribution >= 0.6 is 0 Å². The number of rotatable bonds is 24. The molecule has 0 saturated heterocycles. The minimum Gasteiger partial charge on any atom is -0.480 e. The number of hydrogen-bond donors (Lipinski definition) is 5. The van der Waals surface area contributed by atoms with Crippen molar-refractivity contribution in [2.75, 3.05) is 58.9 Å². The van der Waals surface area contributed by atoms with Gasteiger partial charge in [-0.3, -0.25) is 59.1 Å². The Balaban J connectivity index is 3.10. The molecule has 0 aliphatic heterocycles. The van der Waals surface area contributed by atoms with Gasteiger partial charge in [0.15, 0.2) is 0 Å². The maximum atomic E-state index is 13.4. The van der Waals surface area contributed by atoms with Gasteiger partial charge in [0.2, 0.25) is 11.8 Å². The predicted molar refractivity (Wildman–Crippen MR) is 245 cm³/mol. The van der Waals surface area contributed by atoms with Crippen LogP contribution in [0.15, 0.2) is 24.3 Å². The zero-order valence-corrected chi connectivity index (χ0v) is 41.6. The van der Waals surface area contributed by atoms with Crippen molar-refractivity contribution in [3.05, 3.63) is 35.4 Å². The zero-order chi connectivity index (χ0) is 50.6. The fourth-order valence-electron chi connectivity index (χ4n) is 5.96. The molecule has 1 aromatic carbocycles. The van der Waals surface area contributed by atoms with Crippen LogP contribution in [0.3, 0.4) is 0 Å². The third kappa shape index (κ3) is 30.0. The third-order valence-electron chi connectivity index (χ3n) is 8.43. The molecular formula is C46H77N7O13. The summed E-state index contributed by atoms with van der Waals surface area (Å²) in [5, 5.41) is 15.0. The number of aliphatic carboxylic acids is 1. The molecule has 0 heterocycles. The van der Waals surface area contributed by atoms with Crippen LogP contribution in [0.25, 0.3) is 0 Å². The molecule has 0 aromatic heterocycles. The first-order valence-corrected chi connectivity index (χ1v) is 22.1. The van der Waals surface area contributed by atoms with E-state index in [9.17, 15) is 43.5 Å². The lowest BCUT2D eigenvalue weighted by molar-refractivity contribution is -0.160. The molecule has 0 spiro atoms. The molecule has 0 aliphatic carbocycles. The van der Waals surface area contributed by atoms with Crippen LogP contribution < -0.4 is 21.5 Å². The maximum absolute atomic E-state index is 13.4. The van der Waals surface area contributed by atoms with Gasteiger partial charge in [-0.15, -0.1) is 0 Å². The number of nitrogens with zero attached hydrogens (tertiary/aromatic N) is 3. The Labute approximate surface area is 390 Å². The molecule has 4 amide bonds. The molecule has 0 radical (unpaired) electrons. The van der Waals surface area contributed by atoms with Crippen LogP contribution in [0.4, 0.5) is 4.79 Å². The third-order valence-corrected chi connectivity index (χ3v) is 8.43. The van der Waals surface area contributed by atoms with Gasteiger partial charge in [-0.2, -0.15) is 0 Å². The quantitative estimate of drug-likeness (QED) is 0.0568. The monoisotopic (exact) mass is 936 g/mol. The highest BCUT2D eigenvalue weighted by molar-refractivity contribution is 5.88. The predicted octanol–water partition coefficient (Wildman–Crippen LogP) is 2.95. The van der Waals surface area contributed by atoms with Crippen LogP contribution in [-0.2, 0) is 65.5 Å². The molecular weight excluding hydrogens is 859 g/mol. The largest absolute Gasteiger partial charge is 0.480 e. The van der Waals surface area contributed by atoms with E-state index < -0.39 is 82.7 Å². The van der Waals surface area contributed by atoms with Crippen LogP contribution in [0, 0.1) is 5.92 Å². The molecule has 0 fully saturated rings. The highest BCUT2D eigenvalue weighted by Crippen LogP contribution is 2.13. The summed E-state index contributed by atoms with van der Waals surface area (Å²) in [5.74, 6) is -4.38. The van der Waals surface area contributed by atoms with Gasteiger partial charge in [-0.05, 0) is 107 Å². The van der Waals surface area contributed by atoms with Crippen LogP contribution in [-0.4, -0.2) is 155 Å². The second-order valence-corrected chi connectivity index (χ2v) is 20.5. The van der Waals surface area contributed by atoms with E-state index in [-0.39, 0.29) is 71.2 Å². The molecule has 66 heavy (non-hydrogen) atoms. The van der Waals surface area contributed by atoms with Gasteiger partial charge in [0.05, 0.1) is 39.1 Å². The summed E-state index contributed by atoms with van der Waals surface area (Å²) in [6.07, 6.45) is -0.528. The number of carbonyl (C=O) groups excluding carboxylic acids is 7. The number of nitrogens with one attached hydrogen (secondary N) is 4. The number of carboxylic acids is 1. The lowest BCUT2D eigenvalue weighted by Crippen LogP contribution is -2.53. The Hall–Kier alpha value is -5.34. The number of alkyl carbamates (subject to hydrolysis) is 1. The van der Waals surface area contributed by atoms with Gasteiger partial charge in [0.1, 0.15) is 28.4 Å². The number of ether oxygens (including phenoxy) is 4. The average molecular weight is 936 g/mol. The molecule has 1 aromatic rings. The van der Waals surface area contributed by atoms with Gasteiger partial charge in [0.25, 0.3) is 5.91 Å². The number of esters is 3. The summed E-state index contributed by atoms with van der Waals surface area (Å²) >= 11 is 0. The minimum atomic E-state index is -1.16. The number of hydrazine groups is 1. The van der Waals surface area contributed by atoms with E-state index >= 15 is 0 Å². The first-order valence-electron chi connectivity index (χ1n) is 22.1. The summed E-state index contributed by atoms with van der Waals surface area (Å²) in [5.41, 5.74) is 2.96. The van der Waals surface area contributed by atoms with Crippen LogP contribution in [0.5, 0.6) is 0 Å². The topological polar surface area (TPSA) is 252 Å². The normalized spacial score (nSPS) is 12.6. The molecule has 1 atom stereocenters. The van der Waals surface area contributed by atoms with Gasteiger partial charge in [-0.25, -0.2) is 4.79 Å². The second kappa shape index (κ2) is 26.7. The summed E-state index contributed by atoms with van der Waals surface area (Å²) in [4.78, 5) is 106. The minimum absolute atomic E-state index is 0.0527. The highest BCUT2D eigenvalue weighted by Gasteiger charge is 2.28. The summed E-state index contributed by atoms with van der Waals surface area (Å²) in [6, 6.07) is 5.92. The maximum Gasteiger partial charge on any atom is 0.408 e. The number of amides is 4. The van der Waals surface area contributed by atoms with Crippen molar-refractivity contribution in [2.24, 2.45) is 5.92 Å². The van der Waals surface area contributed by atoms with E-state index in [0.29, 0.717) is 17.5 Å². The molecule has 0 aliphatic rings. The lowest BCUT2D eigenvalue weighted by atomic mass is 10.0. The highest BCUT2D eigenvalue weighted by atomic mass is 16.6. The fourth-order valence-corrected chi connectivity index (χ4v) is 5.96. The molecule has 20 nitrogen and oxygen atoms in total. The molecule has 20 heteroatoms. The Morgan fingerprint density at radius 3 is 1.36 bits per heavy atom. The smallest absolute Gasteiger partial charge is 0.408 e. The summed E-state index contributed by atoms with van der Waals surface area (Å²) in [7, 11) is 0. The van der Waals surface area contributed by atoms with E-state index in [2.05, 4.69) is 21.5 Å². The van der Waals surface area contributed by atoms with Crippen LogP contribution in [0.1, 0.15) is 114 Å². The number of benzene rings is 1. The SMILES string of the molecule is CC(C)C[C@@H](NC(=O)OC(C)(C)C)C(=O)NNC(=O)Cc1ccc(CNC(=O)CN(CCN(CC(=O)O)CC(=O)OC(C)(C)C)CCN(CC(=O)OC(C)(C)C)CC(=O)OC(C)(C)C)cc1. The van der Waals surface area contributed by atoms with Crippen molar-refractivity contribution in [2.45, 2.75) is 145 Å². The van der Waals surface area contributed by atoms with Gasteiger partial charge >= 0.3 is 30.0 Å². The number of carboxylic acid groups (broad SMARTS) is 1. The van der Waals surface area contributed by atoms with Gasteiger partial charge in [0, 0.05) is 32.7 Å².